The summed E-state index contributed by atoms with van der Waals surface area (Å²) in [5, 5.41) is 10.9. The van der Waals surface area contributed by atoms with Crippen LogP contribution in [0.2, 0.25) is 0 Å². The lowest BCUT2D eigenvalue weighted by Gasteiger charge is -2.14. The lowest BCUT2D eigenvalue weighted by atomic mass is 10.0. The largest absolute Gasteiger partial charge is 0.338 e. The molecule has 23 heavy (non-hydrogen) atoms. The monoisotopic (exact) mass is 334 g/mol. The lowest BCUT2D eigenvalue weighted by molar-refractivity contribution is 0.236. The molecule has 0 aromatic carbocycles. The second kappa shape index (κ2) is 7.54. The first kappa shape index (κ1) is 15.9. The Balaban J connectivity index is 1.38. The van der Waals surface area contributed by atoms with Gasteiger partial charge in [-0.3, -0.25) is 4.68 Å². The minimum atomic E-state index is -0.154. The van der Waals surface area contributed by atoms with Gasteiger partial charge < -0.3 is 10.6 Å². The summed E-state index contributed by atoms with van der Waals surface area (Å²) in [4.78, 5) is 21.9. The standard InChI is InChI=1S/C15H22N6OS/c1-11(8-21-10-16-9-18-21)19-15(22)17-7-6-14-20-12-4-2-3-5-13(12)23-14/h9-11H,2-8H2,1H3,(H2,17,19,22). The zero-order chi connectivity index (χ0) is 16.1. The maximum atomic E-state index is 11.9. The predicted octanol–water partition coefficient (Wildman–Crippen LogP) is 1.54. The fourth-order valence-electron chi connectivity index (χ4n) is 2.72. The topological polar surface area (TPSA) is 84.7 Å². The van der Waals surface area contributed by atoms with E-state index in [-0.39, 0.29) is 12.1 Å². The van der Waals surface area contributed by atoms with Crippen molar-refractivity contribution in [1.82, 2.24) is 30.4 Å². The second-order valence-corrected chi connectivity index (χ2v) is 7.02. The number of carbonyl (C=O) groups excluding carboxylic acids is 1. The third-order valence-corrected chi connectivity index (χ3v) is 5.04. The minimum absolute atomic E-state index is 0.0103. The Labute approximate surface area is 139 Å². The molecule has 0 bridgehead atoms. The van der Waals surface area contributed by atoms with Crippen LogP contribution >= 0.6 is 11.3 Å². The first-order chi connectivity index (χ1) is 11.2. The zero-order valence-corrected chi connectivity index (χ0v) is 14.1. The summed E-state index contributed by atoms with van der Waals surface area (Å²) in [5.41, 5.74) is 1.28. The van der Waals surface area contributed by atoms with E-state index in [1.54, 1.807) is 22.3 Å². The van der Waals surface area contributed by atoms with E-state index in [0.717, 1.165) is 17.8 Å². The Bertz CT molecular complexity index is 615. The van der Waals surface area contributed by atoms with Crippen LogP contribution in [-0.2, 0) is 25.8 Å². The molecular formula is C15H22N6OS. The normalized spacial score (nSPS) is 15.0. The van der Waals surface area contributed by atoms with E-state index >= 15 is 0 Å². The van der Waals surface area contributed by atoms with E-state index in [1.807, 2.05) is 6.92 Å². The minimum Gasteiger partial charge on any atom is -0.338 e. The Morgan fingerprint density at radius 2 is 2.30 bits per heavy atom. The number of hydrogen-bond donors (Lipinski definition) is 2. The molecular weight excluding hydrogens is 312 g/mol. The third-order valence-electron chi connectivity index (χ3n) is 3.82. The average molecular weight is 334 g/mol. The number of amides is 2. The number of thiazole rings is 1. The van der Waals surface area contributed by atoms with Crippen molar-refractivity contribution in [3.63, 3.8) is 0 Å². The van der Waals surface area contributed by atoms with Crippen LogP contribution in [0, 0.1) is 0 Å². The predicted molar refractivity (Wildman–Crippen MR) is 88.5 cm³/mol. The van der Waals surface area contributed by atoms with Gasteiger partial charge in [0.25, 0.3) is 0 Å². The van der Waals surface area contributed by atoms with Gasteiger partial charge >= 0.3 is 6.03 Å². The summed E-state index contributed by atoms with van der Waals surface area (Å²) in [6, 6.07) is -0.164. The Morgan fingerprint density at radius 1 is 1.43 bits per heavy atom. The maximum absolute atomic E-state index is 11.9. The summed E-state index contributed by atoms with van der Waals surface area (Å²) >= 11 is 1.80. The van der Waals surface area contributed by atoms with E-state index in [0.29, 0.717) is 13.1 Å². The molecule has 2 aromatic heterocycles. The Kier molecular flexibility index (Phi) is 5.22. The Hall–Kier alpha value is -1.96. The highest BCUT2D eigenvalue weighted by Crippen LogP contribution is 2.26. The number of hydrogen-bond acceptors (Lipinski definition) is 5. The highest BCUT2D eigenvalue weighted by Gasteiger charge is 2.15. The molecule has 2 heterocycles. The molecule has 7 nitrogen and oxygen atoms in total. The molecule has 2 aromatic rings. The summed E-state index contributed by atoms with van der Waals surface area (Å²) in [7, 11) is 0. The fraction of sp³-hybridized carbons (Fsp3) is 0.600. The van der Waals surface area contributed by atoms with Crippen molar-refractivity contribution >= 4 is 17.4 Å². The number of aromatic nitrogens is 4. The van der Waals surface area contributed by atoms with Gasteiger partial charge in [0.05, 0.1) is 17.2 Å². The van der Waals surface area contributed by atoms with Crippen LogP contribution < -0.4 is 10.6 Å². The number of nitrogens with one attached hydrogen (secondary N) is 2. The van der Waals surface area contributed by atoms with Gasteiger partial charge in [-0.25, -0.2) is 14.8 Å². The van der Waals surface area contributed by atoms with Crippen LogP contribution in [0.4, 0.5) is 4.79 Å². The second-order valence-electron chi connectivity index (χ2n) is 5.85. The molecule has 0 fully saturated rings. The van der Waals surface area contributed by atoms with Gasteiger partial charge in [0.1, 0.15) is 12.7 Å². The van der Waals surface area contributed by atoms with Gasteiger partial charge in [-0.15, -0.1) is 11.3 Å². The average Bonchev–Trinajstić information content (AvgIpc) is 3.15. The molecule has 1 aliphatic carbocycles. The maximum Gasteiger partial charge on any atom is 0.315 e. The van der Waals surface area contributed by atoms with E-state index in [2.05, 4.69) is 25.7 Å². The third kappa shape index (κ3) is 4.51. The summed E-state index contributed by atoms with van der Waals surface area (Å²) < 4.78 is 1.70. The SMILES string of the molecule is CC(Cn1cncn1)NC(=O)NCCc1nc2c(s1)CCCC2. The van der Waals surface area contributed by atoms with Crippen molar-refractivity contribution in [2.75, 3.05) is 6.54 Å². The summed E-state index contributed by atoms with van der Waals surface area (Å²) in [6.07, 6.45) is 8.73. The van der Waals surface area contributed by atoms with Gasteiger partial charge in [-0.1, -0.05) is 0 Å². The molecule has 0 saturated carbocycles. The number of rotatable bonds is 6. The molecule has 1 atom stereocenters. The van der Waals surface area contributed by atoms with E-state index in [9.17, 15) is 4.79 Å². The number of carbonyl (C=O) groups is 1. The summed E-state index contributed by atoms with van der Waals surface area (Å²) in [6.45, 7) is 3.15. The van der Waals surface area contributed by atoms with Crippen LogP contribution in [0.5, 0.6) is 0 Å². The molecule has 1 aliphatic rings. The first-order valence-corrected chi connectivity index (χ1v) is 8.86. The van der Waals surface area contributed by atoms with Crippen LogP contribution in [0.15, 0.2) is 12.7 Å². The smallest absolute Gasteiger partial charge is 0.315 e. The van der Waals surface area contributed by atoms with Gasteiger partial charge in [0.15, 0.2) is 0 Å². The molecule has 3 rings (SSSR count). The molecule has 0 saturated heterocycles. The zero-order valence-electron chi connectivity index (χ0n) is 13.3. The molecule has 8 heteroatoms. The molecule has 0 aliphatic heterocycles. The van der Waals surface area contributed by atoms with Crippen LogP contribution in [0.1, 0.15) is 35.3 Å². The van der Waals surface area contributed by atoms with Crippen LogP contribution in [-0.4, -0.2) is 38.4 Å². The molecule has 2 amide bonds. The van der Waals surface area contributed by atoms with Crippen LogP contribution in [0.3, 0.4) is 0 Å². The molecule has 2 N–H and O–H groups in total. The van der Waals surface area contributed by atoms with Crippen molar-refractivity contribution < 1.29 is 4.79 Å². The van der Waals surface area contributed by atoms with Gasteiger partial charge in [0.2, 0.25) is 0 Å². The molecule has 0 radical (unpaired) electrons. The number of urea groups is 1. The number of fused-ring (bicyclic) bond motifs is 1. The van der Waals surface area contributed by atoms with Gasteiger partial charge in [-0.05, 0) is 32.6 Å². The molecule has 1 unspecified atom stereocenters. The van der Waals surface area contributed by atoms with E-state index in [4.69, 9.17) is 0 Å². The quantitative estimate of drug-likeness (QED) is 0.839. The van der Waals surface area contributed by atoms with Crippen molar-refractivity contribution in [2.24, 2.45) is 0 Å². The van der Waals surface area contributed by atoms with Crippen LogP contribution in [0.25, 0.3) is 0 Å². The summed E-state index contributed by atoms with van der Waals surface area (Å²) in [5.74, 6) is 0. The van der Waals surface area contributed by atoms with Crippen molar-refractivity contribution in [2.45, 2.75) is 51.6 Å². The molecule has 0 spiro atoms. The highest BCUT2D eigenvalue weighted by molar-refractivity contribution is 7.11. The van der Waals surface area contributed by atoms with Gasteiger partial charge in [-0.2, -0.15) is 5.10 Å². The fourth-order valence-corrected chi connectivity index (χ4v) is 3.88. The van der Waals surface area contributed by atoms with Crippen molar-refractivity contribution in [3.8, 4) is 0 Å². The number of aryl methyl sites for hydroxylation is 2. The molecule has 124 valence electrons. The van der Waals surface area contributed by atoms with Crippen molar-refractivity contribution in [1.29, 1.82) is 0 Å². The Morgan fingerprint density at radius 3 is 3.09 bits per heavy atom. The van der Waals surface area contributed by atoms with Gasteiger partial charge in [0, 0.05) is 23.9 Å². The van der Waals surface area contributed by atoms with Crippen molar-refractivity contribution in [3.05, 3.63) is 28.2 Å². The number of nitrogens with zero attached hydrogens (tertiary/aromatic N) is 4. The lowest BCUT2D eigenvalue weighted by Crippen LogP contribution is -2.43. The highest BCUT2D eigenvalue weighted by atomic mass is 32.1. The van der Waals surface area contributed by atoms with E-state index in [1.165, 1.54) is 36.2 Å². The van der Waals surface area contributed by atoms with E-state index < -0.39 is 0 Å². The first-order valence-electron chi connectivity index (χ1n) is 8.05.